The number of carbonyl (C=O) groups excluding carboxylic acids is 2. The van der Waals surface area contributed by atoms with E-state index in [0.717, 1.165) is 5.56 Å². The SMILES string of the molecule is O=C(NCCCNC(=O)c1ccc(F)cc1)NCc1cccnc1. The molecule has 6 nitrogen and oxygen atoms in total. The lowest BCUT2D eigenvalue weighted by atomic mass is 10.2. The van der Waals surface area contributed by atoms with Crippen LogP contribution in [0.25, 0.3) is 0 Å². The van der Waals surface area contributed by atoms with Gasteiger partial charge in [-0.3, -0.25) is 9.78 Å². The van der Waals surface area contributed by atoms with Gasteiger partial charge in [0.15, 0.2) is 0 Å². The molecule has 126 valence electrons. The van der Waals surface area contributed by atoms with Crippen molar-refractivity contribution in [3.8, 4) is 0 Å². The smallest absolute Gasteiger partial charge is 0.315 e. The molecule has 3 N–H and O–H groups in total. The van der Waals surface area contributed by atoms with E-state index in [1.807, 2.05) is 6.07 Å². The van der Waals surface area contributed by atoms with Crippen molar-refractivity contribution in [2.45, 2.75) is 13.0 Å². The Morgan fingerprint density at radius 3 is 2.46 bits per heavy atom. The van der Waals surface area contributed by atoms with Crippen LogP contribution in [0.1, 0.15) is 22.3 Å². The fourth-order valence-electron chi connectivity index (χ4n) is 1.94. The lowest BCUT2D eigenvalue weighted by Crippen LogP contribution is -2.36. The fourth-order valence-corrected chi connectivity index (χ4v) is 1.94. The third-order valence-electron chi connectivity index (χ3n) is 3.21. The topological polar surface area (TPSA) is 83.1 Å². The minimum absolute atomic E-state index is 0.268. The van der Waals surface area contributed by atoms with Crippen LogP contribution in [0.5, 0.6) is 0 Å². The maximum Gasteiger partial charge on any atom is 0.315 e. The number of nitrogens with zero attached hydrogens (tertiary/aromatic N) is 1. The van der Waals surface area contributed by atoms with E-state index in [-0.39, 0.29) is 17.8 Å². The summed E-state index contributed by atoms with van der Waals surface area (Å²) in [6, 6.07) is 8.73. The van der Waals surface area contributed by atoms with Crippen LogP contribution in [-0.2, 0) is 6.54 Å². The number of urea groups is 1. The van der Waals surface area contributed by atoms with Gasteiger partial charge in [-0.25, -0.2) is 9.18 Å². The van der Waals surface area contributed by atoms with Gasteiger partial charge >= 0.3 is 6.03 Å². The molecule has 7 heteroatoms. The highest BCUT2D eigenvalue weighted by Gasteiger charge is 2.05. The zero-order valence-corrected chi connectivity index (χ0v) is 13.1. The predicted molar refractivity (Wildman–Crippen MR) is 87.8 cm³/mol. The lowest BCUT2D eigenvalue weighted by molar-refractivity contribution is 0.0953. The van der Waals surface area contributed by atoms with E-state index in [1.165, 1.54) is 24.3 Å². The molecule has 3 amide bonds. The van der Waals surface area contributed by atoms with Crippen LogP contribution < -0.4 is 16.0 Å². The first-order valence-electron chi connectivity index (χ1n) is 7.59. The first kappa shape index (κ1) is 17.4. The Balaban J connectivity index is 1.56. The Morgan fingerprint density at radius 1 is 1.00 bits per heavy atom. The van der Waals surface area contributed by atoms with Crippen LogP contribution in [0.2, 0.25) is 0 Å². The molecular formula is C17H19FN4O2. The molecule has 2 rings (SSSR count). The molecule has 2 aromatic rings. The second-order valence-electron chi connectivity index (χ2n) is 5.09. The Bertz CT molecular complexity index is 662. The Morgan fingerprint density at radius 2 is 1.75 bits per heavy atom. The quantitative estimate of drug-likeness (QED) is 0.678. The molecule has 1 heterocycles. The van der Waals surface area contributed by atoms with E-state index in [4.69, 9.17) is 0 Å². The van der Waals surface area contributed by atoms with E-state index in [2.05, 4.69) is 20.9 Å². The minimum Gasteiger partial charge on any atom is -0.352 e. The van der Waals surface area contributed by atoms with Crippen molar-refractivity contribution in [3.05, 3.63) is 65.7 Å². The van der Waals surface area contributed by atoms with Gasteiger partial charge in [0.25, 0.3) is 5.91 Å². The monoisotopic (exact) mass is 330 g/mol. The summed E-state index contributed by atoms with van der Waals surface area (Å²) >= 11 is 0. The van der Waals surface area contributed by atoms with Crippen molar-refractivity contribution < 1.29 is 14.0 Å². The third kappa shape index (κ3) is 6.04. The van der Waals surface area contributed by atoms with Crippen LogP contribution >= 0.6 is 0 Å². The van der Waals surface area contributed by atoms with Gasteiger partial charge in [-0.15, -0.1) is 0 Å². The number of nitrogens with one attached hydrogen (secondary N) is 3. The zero-order chi connectivity index (χ0) is 17.2. The third-order valence-corrected chi connectivity index (χ3v) is 3.21. The first-order chi connectivity index (χ1) is 11.6. The fraction of sp³-hybridized carbons (Fsp3) is 0.235. The van der Waals surface area contributed by atoms with Crippen molar-refractivity contribution in [2.75, 3.05) is 13.1 Å². The number of hydrogen-bond acceptors (Lipinski definition) is 3. The second kappa shape index (κ2) is 9.24. The molecule has 0 aliphatic heterocycles. The van der Waals surface area contributed by atoms with E-state index in [9.17, 15) is 14.0 Å². The summed E-state index contributed by atoms with van der Waals surface area (Å²) < 4.78 is 12.8. The van der Waals surface area contributed by atoms with Gasteiger partial charge in [-0.2, -0.15) is 0 Å². The molecule has 0 radical (unpaired) electrons. The van der Waals surface area contributed by atoms with Gasteiger partial charge in [0.2, 0.25) is 0 Å². The summed E-state index contributed by atoms with van der Waals surface area (Å²) in [6.45, 7) is 1.25. The highest BCUT2D eigenvalue weighted by molar-refractivity contribution is 5.94. The standard InChI is InChI=1S/C17H19FN4O2/c18-15-6-4-14(5-7-15)16(23)20-9-2-10-21-17(24)22-12-13-3-1-8-19-11-13/h1,3-8,11H,2,9-10,12H2,(H,20,23)(H2,21,22,24). The van der Waals surface area contributed by atoms with Gasteiger partial charge in [-0.1, -0.05) is 6.07 Å². The molecule has 0 aliphatic carbocycles. The van der Waals surface area contributed by atoms with Crippen molar-refractivity contribution in [3.63, 3.8) is 0 Å². The second-order valence-corrected chi connectivity index (χ2v) is 5.09. The Labute approximate surface area is 139 Å². The summed E-state index contributed by atoms with van der Waals surface area (Å²) in [6.07, 6.45) is 3.95. The average Bonchev–Trinajstić information content (AvgIpc) is 2.61. The number of pyridine rings is 1. The summed E-state index contributed by atoms with van der Waals surface area (Å²) in [4.78, 5) is 27.3. The number of carbonyl (C=O) groups is 2. The number of halogens is 1. The molecule has 0 fully saturated rings. The first-order valence-corrected chi connectivity index (χ1v) is 7.59. The van der Waals surface area contributed by atoms with Crippen LogP contribution in [0.4, 0.5) is 9.18 Å². The molecule has 0 saturated carbocycles. The Hall–Kier alpha value is -2.96. The maximum absolute atomic E-state index is 12.8. The Kier molecular flexibility index (Phi) is 6.70. The van der Waals surface area contributed by atoms with Crippen molar-refractivity contribution in [2.24, 2.45) is 0 Å². The van der Waals surface area contributed by atoms with Gasteiger partial charge in [0.05, 0.1) is 0 Å². The molecule has 24 heavy (non-hydrogen) atoms. The molecule has 1 aromatic heterocycles. The van der Waals surface area contributed by atoms with Crippen LogP contribution in [0.15, 0.2) is 48.8 Å². The molecule has 0 spiro atoms. The number of amides is 3. The van der Waals surface area contributed by atoms with E-state index in [1.54, 1.807) is 18.5 Å². The highest BCUT2D eigenvalue weighted by Crippen LogP contribution is 2.02. The maximum atomic E-state index is 12.8. The van der Waals surface area contributed by atoms with Gasteiger partial charge < -0.3 is 16.0 Å². The summed E-state index contributed by atoms with van der Waals surface area (Å²) in [5, 5.41) is 8.13. The van der Waals surface area contributed by atoms with Gasteiger partial charge in [0, 0.05) is 37.6 Å². The number of aromatic nitrogens is 1. The van der Waals surface area contributed by atoms with Crippen molar-refractivity contribution in [1.29, 1.82) is 0 Å². The predicted octanol–water partition coefficient (Wildman–Crippen LogP) is 1.84. The van der Waals surface area contributed by atoms with E-state index in [0.29, 0.717) is 31.6 Å². The average molecular weight is 330 g/mol. The number of hydrogen-bond donors (Lipinski definition) is 3. The van der Waals surface area contributed by atoms with Gasteiger partial charge in [-0.05, 0) is 42.3 Å². The number of benzene rings is 1. The van der Waals surface area contributed by atoms with E-state index < -0.39 is 0 Å². The molecule has 0 bridgehead atoms. The molecule has 0 aliphatic rings. The van der Waals surface area contributed by atoms with E-state index >= 15 is 0 Å². The van der Waals surface area contributed by atoms with Crippen LogP contribution in [0.3, 0.4) is 0 Å². The normalized spacial score (nSPS) is 10.0. The van der Waals surface area contributed by atoms with Gasteiger partial charge in [0.1, 0.15) is 5.82 Å². The summed E-state index contributed by atoms with van der Waals surface area (Å²) in [5.74, 6) is -0.649. The number of rotatable bonds is 7. The molecule has 0 saturated heterocycles. The van der Waals surface area contributed by atoms with Crippen molar-refractivity contribution in [1.82, 2.24) is 20.9 Å². The molecule has 0 atom stereocenters. The van der Waals surface area contributed by atoms with Crippen molar-refractivity contribution >= 4 is 11.9 Å². The summed E-state index contributed by atoms with van der Waals surface area (Å²) in [5.41, 5.74) is 1.32. The molecule has 1 aromatic carbocycles. The lowest BCUT2D eigenvalue weighted by Gasteiger charge is -2.08. The molecule has 0 unspecified atom stereocenters. The van der Waals surface area contributed by atoms with Crippen LogP contribution in [0, 0.1) is 5.82 Å². The highest BCUT2D eigenvalue weighted by atomic mass is 19.1. The van der Waals surface area contributed by atoms with Crippen LogP contribution in [-0.4, -0.2) is 30.0 Å². The minimum atomic E-state index is -0.381. The molecular weight excluding hydrogens is 311 g/mol. The largest absolute Gasteiger partial charge is 0.352 e. The summed E-state index contributed by atoms with van der Waals surface area (Å²) in [7, 11) is 0. The zero-order valence-electron chi connectivity index (χ0n) is 13.1.